The lowest BCUT2D eigenvalue weighted by Crippen LogP contribution is -2.44. The van der Waals surface area contributed by atoms with Gasteiger partial charge in [-0.1, -0.05) is 30.3 Å². The maximum Gasteiger partial charge on any atom is 0.226 e. The van der Waals surface area contributed by atoms with Crippen molar-refractivity contribution in [2.75, 3.05) is 18.4 Å². The molecule has 1 aromatic carbocycles. The van der Waals surface area contributed by atoms with Gasteiger partial charge in [0.25, 0.3) is 0 Å². The number of carbonyl (C=O) groups is 1. The zero-order valence-corrected chi connectivity index (χ0v) is 15.6. The molecule has 1 aliphatic rings. The van der Waals surface area contributed by atoms with Crippen LogP contribution in [0.3, 0.4) is 0 Å². The molecule has 1 N–H and O–H groups in total. The molecule has 6 heteroatoms. The standard InChI is InChI=1S/C19H25N3O2S/c1-14-10-22(11-15(2)24-14)12-17-13-25-19(20-17)21-18(23)9-8-16-6-4-3-5-7-16/h3-7,13-15H,8-12H2,1-2H3,(H,20,21,23). The quantitative estimate of drug-likeness (QED) is 0.860. The van der Waals surface area contributed by atoms with Crippen molar-refractivity contribution in [3.63, 3.8) is 0 Å². The predicted molar refractivity (Wildman–Crippen MR) is 101 cm³/mol. The maximum atomic E-state index is 12.1. The molecule has 1 saturated heterocycles. The van der Waals surface area contributed by atoms with E-state index in [1.807, 2.05) is 35.7 Å². The maximum absolute atomic E-state index is 12.1. The Morgan fingerprint density at radius 1 is 1.28 bits per heavy atom. The monoisotopic (exact) mass is 359 g/mol. The van der Waals surface area contributed by atoms with E-state index in [1.54, 1.807) is 0 Å². The Morgan fingerprint density at radius 2 is 2.00 bits per heavy atom. The third-order valence-corrected chi connectivity index (χ3v) is 4.97. The molecule has 2 atom stereocenters. The van der Waals surface area contributed by atoms with Crippen LogP contribution in [0.4, 0.5) is 5.13 Å². The number of amides is 1. The summed E-state index contributed by atoms with van der Waals surface area (Å²) in [7, 11) is 0. The molecule has 0 bridgehead atoms. The second kappa shape index (κ2) is 8.56. The van der Waals surface area contributed by atoms with Gasteiger partial charge in [0.1, 0.15) is 0 Å². The van der Waals surface area contributed by atoms with Gasteiger partial charge in [0.05, 0.1) is 17.9 Å². The number of nitrogens with one attached hydrogen (secondary N) is 1. The first kappa shape index (κ1) is 18.0. The highest BCUT2D eigenvalue weighted by Crippen LogP contribution is 2.19. The van der Waals surface area contributed by atoms with Crippen LogP contribution in [-0.2, 0) is 22.5 Å². The van der Waals surface area contributed by atoms with Crippen molar-refractivity contribution in [2.24, 2.45) is 0 Å². The Kier molecular flexibility index (Phi) is 6.18. The first-order valence-electron chi connectivity index (χ1n) is 8.74. The summed E-state index contributed by atoms with van der Waals surface area (Å²) >= 11 is 1.49. The number of aryl methyl sites for hydroxylation is 1. The van der Waals surface area contributed by atoms with E-state index in [2.05, 4.69) is 29.0 Å². The molecule has 1 aromatic heterocycles. The highest BCUT2D eigenvalue weighted by atomic mass is 32.1. The Balaban J connectivity index is 1.47. The summed E-state index contributed by atoms with van der Waals surface area (Å²) in [5.74, 6) is 0.0124. The van der Waals surface area contributed by atoms with E-state index in [0.29, 0.717) is 11.6 Å². The van der Waals surface area contributed by atoms with E-state index in [-0.39, 0.29) is 18.1 Å². The molecule has 1 amide bonds. The SMILES string of the molecule is CC1CN(Cc2csc(NC(=O)CCc3ccccc3)n2)CC(C)O1. The number of nitrogens with zero attached hydrogens (tertiary/aromatic N) is 2. The number of anilines is 1. The second-order valence-corrected chi connectivity index (χ2v) is 7.49. The molecule has 2 unspecified atom stereocenters. The topological polar surface area (TPSA) is 54.5 Å². The summed E-state index contributed by atoms with van der Waals surface area (Å²) in [6, 6.07) is 10.1. The largest absolute Gasteiger partial charge is 0.373 e. The fourth-order valence-electron chi connectivity index (χ4n) is 3.16. The normalized spacial score (nSPS) is 21.2. The Bertz CT molecular complexity index is 679. The average Bonchev–Trinajstić information content (AvgIpc) is 3.00. The van der Waals surface area contributed by atoms with Crippen molar-refractivity contribution in [3.8, 4) is 0 Å². The van der Waals surface area contributed by atoms with Gasteiger partial charge in [-0.2, -0.15) is 0 Å². The number of morpholine rings is 1. The number of hydrogen-bond acceptors (Lipinski definition) is 5. The van der Waals surface area contributed by atoms with Gasteiger partial charge in [-0.15, -0.1) is 11.3 Å². The lowest BCUT2D eigenvalue weighted by molar-refractivity contribution is -0.116. The molecule has 3 rings (SSSR count). The fraction of sp³-hybridized carbons (Fsp3) is 0.474. The minimum Gasteiger partial charge on any atom is -0.373 e. The van der Waals surface area contributed by atoms with E-state index in [1.165, 1.54) is 16.9 Å². The van der Waals surface area contributed by atoms with Crippen molar-refractivity contribution < 1.29 is 9.53 Å². The fourth-order valence-corrected chi connectivity index (χ4v) is 3.88. The van der Waals surface area contributed by atoms with Crippen LogP contribution >= 0.6 is 11.3 Å². The van der Waals surface area contributed by atoms with Crippen molar-refractivity contribution in [3.05, 3.63) is 47.0 Å². The highest BCUT2D eigenvalue weighted by Gasteiger charge is 2.22. The highest BCUT2D eigenvalue weighted by molar-refractivity contribution is 7.13. The van der Waals surface area contributed by atoms with Crippen LogP contribution in [0.5, 0.6) is 0 Å². The number of thiazole rings is 1. The molecule has 1 fully saturated rings. The van der Waals surface area contributed by atoms with Crippen LogP contribution in [0.2, 0.25) is 0 Å². The van der Waals surface area contributed by atoms with Gasteiger partial charge < -0.3 is 10.1 Å². The smallest absolute Gasteiger partial charge is 0.226 e. The van der Waals surface area contributed by atoms with Gasteiger partial charge in [0.15, 0.2) is 5.13 Å². The van der Waals surface area contributed by atoms with Gasteiger partial charge in [0, 0.05) is 31.4 Å². The molecule has 1 aliphatic heterocycles. The van der Waals surface area contributed by atoms with Crippen LogP contribution in [0, 0.1) is 0 Å². The zero-order chi connectivity index (χ0) is 17.6. The summed E-state index contributed by atoms with van der Waals surface area (Å²) in [6.45, 7) is 6.83. The summed E-state index contributed by atoms with van der Waals surface area (Å²) in [5, 5.41) is 5.62. The lowest BCUT2D eigenvalue weighted by Gasteiger charge is -2.34. The molecular weight excluding hydrogens is 334 g/mol. The number of benzene rings is 1. The van der Waals surface area contributed by atoms with Gasteiger partial charge in [-0.05, 0) is 25.8 Å². The molecule has 134 valence electrons. The number of rotatable bonds is 6. The summed E-state index contributed by atoms with van der Waals surface area (Å²) in [5.41, 5.74) is 2.18. The van der Waals surface area contributed by atoms with Crippen molar-refractivity contribution in [1.29, 1.82) is 0 Å². The summed E-state index contributed by atoms with van der Waals surface area (Å²) in [6.07, 6.45) is 1.71. The van der Waals surface area contributed by atoms with Crippen LogP contribution in [0.15, 0.2) is 35.7 Å². The first-order valence-corrected chi connectivity index (χ1v) is 9.62. The predicted octanol–water partition coefficient (Wildman–Crippen LogP) is 3.32. The van der Waals surface area contributed by atoms with Crippen molar-refractivity contribution in [2.45, 2.75) is 45.4 Å². The van der Waals surface area contributed by atoms with Gasteiger partial charge in [-0.3, -0.25) is 9.69 Å². The Morgan fingerprint density at radius 3 is 2.72 bits per heavy atom. The molecule has 0 saturated carbocycles. The minimum atomic E-state index is 0.0124. The number of hydrogen-bond donors (Lipinski definition) is 1. The second-order valence-electron chi connectivity index (χ2n) is 6.63. The van der Waals surface area contributed by atoms with E-state index in [9.17, 15) is 4.79 Å². The summed E-state index contributed by atoms with van der Waals surface area (Å²) in [4.78, 5) is 19.0. The zero-order valence-electron chi connectivity index (χ0n) is 14.8. The third kappa shape index (κ3) is 5.63. The van der Waals surface area contributed by atoms with E-state index >= 15 is 0 Å². The van der Waals surface area contributed by atoms with Gasteiger partial charge in [-0.25, -0.2) is 4.98 Å². The van der Waals surface area contributed by atoms with E-state index in [0.717, 1.165) is 31.7 Å². The molecule has 0 radical (unpaired) electrons. The van der Waals surface area contributed by atoms with E-state index in [4.69, 9.17) is 4.74 Å². The van der Waals surface area contributed by atoms with Crippen LogP contribution in [-0.4, -0.2) is 41.1 Å². The minimum absolute atomic E-state index is 0.0124. The average molecular weight is 359 g/mol. The summed E-state index contributed by atoms with van der Waals surface area (Å²) < 4.78 is 5.76. The van der Waals surface area contributed by atoms with Crippen LogP contribution < -0.4 is 5.32 Å². The van der Waals surface area contributed by atoms with Gasteiger partial charge in [0.2, 0.25) is 5.91 Å². The lowest BCUT2D eigenvalue weighted by atomic mass is 10.1. The third-order valence-electron chi connectivity index (χ3n) is 4.16. The van der Waals surface area contributed by atoms with Crippen LogP contribution in [0.1, 0.15) is 31.5 Å². The molecule has 2 heterocycles. The van der Waals surface area contributed by atoms with Gasteiger partial charge >= 0.3 is 0 Å². The molecule has 0 spiro atoms. The van der Waals surface area contributed by atoms with Crippen molar-refractivity contribution in [1.82, 2.24) is 9.88 Å². The molecule has 25 heavy (non-hydrogen) atoms. The van der Waals surface area contributed by atoms with Crippen LogP contribution in [0.25, 0.3) is 0 Å². The number of carbonyl (C=O) groups excluding carboxylic acids is 1. The molecule has 2 aromatic rings. The molecular formula is C19H25N3O2S. The van der Waals surface area contributed by atoms with Crippen molar-refractivity contribution >= 4 is 22.4 Å². The Hall–Kier alpha value is -1.76. The molecule has 5 nitrogen and oxygen atoms in total. The van der Waals surface area contributed by atoms with E-state index < -0.39 is 0 Å². The Labute approximate surface area is 153 Å². The molecule has 0 aliphatic carbocycles. The number of ether oxygens (including phenoxy) is 1. The first-order chi connectivity index (χ1) is 12.1. The number of aromatic nitrogens is 1.